The second kappa shape index (κ2) is 4.54. The molecule has 0 atom stereocenters. The Hall–Kier alpha value is -1.46. The van der Waals surface area contributed by atoms with Crippen molar-refractivity contribution in [2.45, 2.75) is 6.92 Å². The van der Waals surface area contributed by atoms with E-state index in [0.717, 1.165) is 12.1 Å². The van der Waals surface area contributed by atoms with E-state index in [1.807, 2.05) is 25.1 Å². The number of hydrogen-bond acceptors (Lipinski definition) is 1. The van der Waals surface area contributed by atoms with Gasteiger partial charge in [-0.15, -0.1) is 5.73 Å². The zero-order valence-electron chi connectivity index (χ0n) is 8.25. The Kier molecular flexibility index (Phi) is 3.36. The average Bonchev–Trinajstić information content (AvgIpc) is 2.19. The maximum Gasteiger partial charge on any atom is 0.0457 e. The van der Waals surface area contributed by atoms with Gasteiger partial charge < -0.3 is 4.90 Å². The van der Waals surface area contributed by atoms with Crippen molar-refractivity contribution >= 4 is 5.69 Å². The van der Waals surface area contributed by atoms with Crippen molar-refractivity contribution in [2.24, 2.45) is 0 Å². The Bertz CT molecular complexity index is 307. The molecule has 0 saturated heterocycles. The minimum absolute atomic E-state index is 0.882. The molecule has 68 valence electrons. The predicted octanol–water partition coefficient (Wildman–Crippen LogP) is 2.85. The molecule has 0 aliphatic heterocycles. The van der Waals surface area contributed by atoms with Crippen LogP contribution in [0.3, 0.4) is 0 Å². The van der Waals surface area contributed by atoms with Crippen molar-refractivity contribution in [3.8, 4) is 0 Å². The third kappa shape index (κ3) is 2.81. The molecular weight excluding hydrogens is 158 g/mol. The van der Waals surface area contributed by atoms with Crippen molar-refractivity contribution in [1.82, 2.24) is 0 Å². The van der Waals surface area contributed by atoms with Crippen LogP contribution in [0, 0.1) is 0 Å². The molecule has 0 aromatic heterocycles. The van der Waals surface area contributed by atoms with Crippen LogP contribution in [0.2, 0.25) is 0 Å². The number of hydrogen-bond donors (Lipinski definition) is 0. The summed E-state index contributed by atoms with van der Waals surface area (Å²) in [6.45, 7) is 6.54. The van der Waals surface area contributed by atoms with Gasteiger partial charge in [-0.1, -0.05) is 24.8 Å². The summed E-state index contributed by atoms with van der Waals surface area (Å²) in [5, 5.41) is 0. The smallest absolute Gasteiger partial charge is 0.0457 e. The van der Waals surface area contributed by atoms with Crippen LogP contribution in [0.25, 0.3) is 0 Å². The number of para-hydroxylation sites is 1. The maximum atomic E-state index is 3.62. The lowest BCUT2D eigenvalue weighted by Gasteiger charge is -2.18. The number of likely N-dealkylation sites (N-methyl/N-ethyl adjacent to an activating group) is 1. The molecule has 1 aromatic rings. The molecule has 0 spiro atoms. The zero-order valence-corrected chi connectivity index (χ0v) is 8.25. The Labute approximate surface area is 80.0 Å². The quantitative estimate of drug-likeness (QED) is 0.635. The minimum Gasteiger partial charge on any atom is -0.370 e. The molecule has 1 heteroatoms. The normalized spacial score (nSPS) is 9.08. The van der Waals surface area contributed by atoms with E-state index in [0.29, 0.717) is 0 Å². The summed E-state index contributed by atoms with van der Waals surface area (Å²) >= 11 is 0. The number of anilines is 1. The third-order valence-electron chi connectivity index (χ3n) is 1.97. The fourth-order valence-electron chi connectivity index (χ4n) is 1.19. The summed E-state index contributed by atoms with van der Waals surface area (Å²) in [5.74, 6) is 0. The lowest BCUT2D eigenvalue weighted by molar-refractivity contribution is 0.984. The van der Waals surface area contributed by atoms with Crippen molar-refractivity contribution in [2.75, 3.05) is 18.5 Å². The summed E-state index contributed by atoms with van der Waals surface area (Å²) < 4.78 is 0. The molecule has 0 saturated carbocycles. The van der Waals surface area contributed by atoms with Gasteiger partial charge >= 0.3 is 0 Å². The molecule has 0 N–H and O–H groups in total. The van der Waals surface area contributed by atoms with Gasteiger partial charge in [0, 0.05) is 19.3 Å². The molecular formula is C12H15N. The summed E-state index contributed by atoms with van der Waals surface area (Å²) in [7, 11) is 2.07. The maximum absolute atomic E-state index is 3.62. The van der Waals surface area contributed by atoms with Crippen molar-refractivity contribution in [3.05, 3.63) is 48.2 Å². The van der Waals surface area contributed by atoms with Crippen LogP contribution in [-0.2, 0) is 0 Å². The largest absolute Gasteiger partial charge is 0.370 e. The van der Waals surface area contributed by atoms with E-state index in [1.165, 1.54) is 5.69 Å². The van der Waals surface area contributed by atoms with Gasteiger partial charge in [0.1, 0.15) is 0 Å². The van der Waals surface area contributed by atoms with Gasteiger partial charge in [-0.3, -0.25) is 0 Å². The van der Waals surface area contributed by atoms with E-state index in [9.17, 15) is 0 Å². The van der Waals surface area contributed by atoms with Crippen molar-refractivity contribution in [3.63, 3.8) is 0 Å². The topological polar surface area (TPSA) is 3.24 Å². The van der Waals surface area contributed by atoms with Gasteiger partial charge in [0.25, 0.3) is 0 Å². The molecule has 0 radical (unpaired) electrons. The first kappa shape index (κ1) is 9.63. The van der Waals surface area contributed by atoms with Gasteiger partial charge in [0.15, 0.2) is 0 Å². The Morgan fingerprint density at radius 3 is 2.54 bits per heavy atom. The minimum atomic E-state index is 0.882. The van der Waals surface area contributed by atoms with Gasteiger partial charge in [-0.05, 0) is 24.6 Å². The second-order valence-electron chi connectivity index (χ2n) is 3.15. The summed E-state index contributed by atoms with van der Waals surface area (Å²) in [5.41, 5.74) is 5.27. The first-order chi connectivity index (χ1) is 6.24. The SMILES string of the molecule is C=C=C(C)CN(C)c1ccccc1. The standard InChI is InChI=1S/C12H15N/c1-4-11(2)10-13(3)12-8-6-5-7-9-12/h5-9H,1,10H2,2-3H3. The molecule has 0 aliphatic rings. The van der Waals surface area contributed by atoms with Crippen LogP contribution in [-0.4, -0.2) is 13.6 Å². The molecule has 13 heavy (non-hydrogen) atoms. The third-order valence-corrected chi connectivity index (χ3v) is 1.97. The summed E-state index contributed by atoms with van der Waals surface area (Å²) in [4.78, 5) is 2.17. The van der Waals surface area contributed by atoms with E-state index in [1.54, 1.807) is 0 Å². The highest BCUT2D eigenvalue weighted by atomic mass is 15.1. The molecule has 1 aromatic carbocycles. The molecule has 1 nitrogen and oxygen atoms in total. The van der Waals surface area contributed by atoms with Crippen LogP contribution in [0.15, 0.2) is 48.2 Å². The van der Waals surface area contributed by atoms with Crippen LogP contribution >= 0.6 is 0 Å². The van der Waals surface area contributed by atoms with Crippen molar-refractivity contribution < 1.29 is 0 Å². The lowest BCUT2D eigenvalue weighted by atomic mass is 10.2. The highest BCUT2D eigenvalue weighted by molar-refractivity contribution is 5.46. The number of rotatable bonds is 3. The average molecular weight is 173 g/mol. The molecule has 0 heterocycles. The number of nitrogens with zero attached hydrogens (tertiary/aromatic N) is 1. The number of benzene rings is 1. The van der Waals surface area contributed by atoms with E-state index < -0.39 is 0 Å². The van der Waals surface area contributed by atoms with E-state index in [2.05, 4.69) is 36.4 Å². The van der Waals surface area contributed by atoms with Crippen LogP contribution in [0.1, 0.15) is 6.92 Å². The summed E-state index contributed by atoms with van der Waals surface area (Å²) in [6.07, 6.45) is 0. The van der Waals surface area contributed by atoms with E-state index in [4.69, 9.17) is 0 Å². The van der Waals surface area contributed by atoms with Crippen LogP contribution in [0.5, 0.6) is 0 Å². The molecule has 0 bridgehead atoms. The Balaban J connectivity index is 2.69. The Morgan fingerprint density at radius 2 is 2.00 bits per heavy atom. The first-order valence-corrected chi connectivity index (χ1v) is 4.35. The van der Waals surface area contributed by atoms with E-state index >= 15 is 0 Å². The van der Waals surface area contributed by atoms with Crippen molar-refractivity contribution in [1.29, 1.82) is 0 Å². The van der Waals surface area contributed by atoms with Crippen LogP contribution in [0.4, 0.5) is 5.69 Å². The molecule has 0 unspecified atom stereocenters. The van der Waals surface area contributed by atoms with E-state index in [-0.39, 0.29) is 0 Å². The molecule has 0 fully saturated rings. The highest BCUT2D eigenvalue weighted by Gasteiger charge is 1.98. The fraction of sp³-hybridized carbons (Fsp3) is 0.250. The van der Waals surface area contributed by atoms with Crippen LogP contribution < -0.4 is 4.90 Å². The monoisotopic (exact) mass is 173 g/mol. The van der Waals surface area contributed by atoms with Gasteiger partial charge in [0.05, 0.1) is 0 Å². The highest BCUT2D eigenvalue weighted by Crippen LogP contribution is 2.11. The summed E-state index contributed by atoms with van der Waals surface area (Å²) in [6, 6.07) is 10.3. The second-order valence-corrected chi connectivity index (χ2v) is 3.15. The van der Waals surface area contributed by atoms with Gasteiger partial charge in [0.2, 0.25) is 0 Å². The predicted molar refractivity (Wildman–Crippen MR) is 58.0 cm³/mol. The van der Waals surface area contributed by atoms with Gasteiger partial charge in [-0.25, -0.2) is 0 Å². The molecule has 0 amide bonds. The Morgan fingerprint density at radius 1 is 1.38 bits per heavy atom. The molecule has 0 aliphatic carbocycles. The zero-order chi connectivity index (χ0) is 9.68. The lowest BCUT2D eigenvalue weighted by Crippen LogP contribution is -2.18. The molecule has 1 rings (SSSR count). The van der Waals surface area contributed by atoms with Gasteiger partial charge in [-0.2, -0.15) is 0 Å². The first-order valence-electron chi connectivity index (χ1n) is 4.35. The fourth-order valence-corrected chi connectivity index (χ4v) is 1.19.